The van der Waals surface area contributed by atoms with Crippen molar-refractivity contribution in [1.82, 2.24) is 10.2 Å². The number of alkyl carbamates (subject to hydrolysis) is 1. The summed E-state index contributed by atoms with van der Waals surface area (Å²) in [5.74, 6) is -0.392. The molecule has 0 saturated heterocycles. The molecule has 0 aliphatic rings. The van der Waals surface area contributed by atoms with Gasteiger partial charge in [0.1, 0.15) is 29.2 Å². The minimum absolute atomic E-state index is 0.0688. The first-order chi connectivity index (χ1) is 17.4. The van der Waals surface area contributed by atoms with Crippen LogP contribution in [0.4, 0.5) is 10.5 Å². The first-order valence-corrected chi connectivity index (χ1v) is 12.4. The highest BCUT2D eigenvalue weighted by molar-refractivity contribution is 5.99. The molecule has 202 valence electrons. The van der Waals surface area contributed by atoms with Crippen molar-refractivity contribution in [2.75, 3.05) is 19.0 Å². The van der Waals surface area contributed by atoms with Crippen LogP contribution in [-0.2, 0) is 14.3 Å². The van der Waals surface area contributed by atoms with Gasteiger partial charge < -0.3 is 30.1 Å². The zero-order valence-corrected chi connectivity index (χ0v) is 22.7. The second-order valence-corrected chi connectivity index (χ2v) is 10.1. The van der Waals surface area contributed by atoms with Crippen molar-refractivity contribution < 1.29 is 29.0 Å². The summed E-state index contributed by atoms with van der Waals surface area (Å²) >= 11 is 0. The van der Waals surface area contributed by atoms with E-state index in [1.54, 1.807) is 77.3 Å². The van der Waals surface area contributed by atoms with Gasteiger partial charge in [0, 0.05) is 17.8 Å². The van der Waals surface area contributed by atoms with Crippen molar-refractivity contribution in [1.29, 1.82) is 0 Å². The summed E-state index contributed by atoms with van der Waals surface area (Å²) in [6.45, 7) is 11.0. The van der Waals surface area contributed by atoms with E-state index >= 15 is 0 Å². The lowest BCUT2D eigenvalue weighted by atomic mass is 9.98. The van der Waals surface area contributed by atoms with E-state index in [0.29, 0.717) is 17.9 Å². The van der Waals surface area contributed by atoms with E-state index in [1.807, 2.05) is 13.8 Å². The number of benzene rings is 2. The lowest BCUT2D eigenvalue weighted by Gasteiger charge is -2.34. The number of hydrogen-bond donors (Lipinski definition) is 3. The van der Waals surface area contributed by atoms with E-state index in [1.165, 1.54) is 11.0 Å². The summed E-state index contributed by atoms with van der Waals surface area (Å²) in [6.07, 6.45) is -0.383. The highest BCUT2D eigenvalue weighted by Crippen LogP contribution is 2.31. The molecule has 0 saturated carbocycles. The van der Waals surface area contributed by atoms with E-state index in [2.05, 4.69) is 10.6 Å². The van der Waals surface area contributed by atoms with Gasteiger partial charge in [0.15, 0.2) is 0 Å². The number of hydrogen-bond acceptors (Lipinski definition) is 6. The Morgan fingerprint density at radius 1 is 1.03 bits per heavy atom. The van der Waals surface area contributed by atoms with E-state index in [4.69, 9.17) is 9.47 Å². The second-order valence-electron chi connectivity index (χ2n) is 10.1. The first kappa shape index (κ1) is 29.5. The number of nitrogens with one attached hydrogen (secondary N) is 2. The maximum atomic E-state index is 13.9. The second kappa shape index (κ2) is 13.0. The number of amides is 3. The SMILES string of the molecule is CCN(C(=O)C(CC(C)C)NC(=O)OC(C)(C)C)C(C(=O)Nc1ccc(OC)cc1)c1ccccc1O. The molecule has 2 aromatic carbocycles. The number of methoxy groups -OCH3 is 1. The van der Waals surface area contributed by atoms with Crippen LogP contribution >= 0.6 is 0 Å². The van der Waals surface area contributed by atoms with Crippen LogP contribution in [0, 0.1) is 5.92 Å². The van der Waals surface area contributed by atoms with E-state index in [9.17, 15) is 19.5 Å². The van der Waals surface area contributed by atoms with Crippen molar-refractivity contribution in [2.45, 2.75) is 65.6 Å². The Hall–Kier alpha value is -3.75. The smallest absolute Gasteiger partial charge is 0.408 e. The highest BCUT2D eigenvalue weighted by atomic mass is 16.6. The molecule has 0 fully saturated rings. The molecule has 0 heterocycles. The molecular weight excluding hydrogens is 474 g/mol. The Morgan fingerprint density at radius 2 is 1.65 bits per heavy atom. The fourth-order valence-electron chi connectivity index (χ4n) is 3.86. The zero-order valence-electron chi connectivity index (χ0n) is 22.7. The maximum Gasteiger partial charge on any atom is 0.408 e. The van der Waals surface area contributed by atoms with Crippen LogP contribution in [0.15, 0.2) is 48.5 Å². The molecule has 2 unspecified atom stereocenters. The maximum absolute atomic E-state index is 13.9. The van der Waals surface area contributed by atoms with E-state index < -0.39 is 35.6 Å². The third kappa shape index (κ3) is 8.70. The van der Waals surface area contributed by atoms with Crippen LogP contribution in [0.1, 0.15) is 59.6 Å². The molecule has 3 amide bonds. The van der Waals surface area contributed by atoms with Gasteiger partial charge >= 0.3 is 6.09 Å². The van der Waals surface area contributed by atoms with E-state index in [0.717, 1.165) is 0 Å². The summed E-state index contributed by atoms with van der Waals surface area (Å²) in [7, 11) is 1.55. The van der Waals surface area contributed by atoms with Gasteiger partial charge in [-0.1, -0.05) is 32.0 Å². The molecular formula is C28H39N3O6. The number of carbonyl (C=O) groups excluding carboxylic acids is 3. The molecule has 3 N–H and O–H groups in total. The predicted octanol–water partition coefficient (Wildman–Crippen LogP) is 4.87. The minimum Gasteiger partial charge on any atom is -0.508 e. The molecule has 9 heteroatoms. The van der Waals surface area contributed by atoms with Gasteiger partial charge in [-0.3, -0.25) is 9.59 Å². The van der Waals surface area contributed by atoms with Gasteiger partial charge in [-0.15, -0.1) is 0 Å². The first-order valence-electron chi connectivity index (χ1n) is 12.4. The quantitative estimate of drug-likeness (QED) is 0.417. The Labute approximate surface area is 219 Å². The van der Waals surface area contributed by atoms with Crippen LogP contribution in [0.2, 0.25) is 0 Å². The number of aromatic hydroxyl groups is 1. The topological polar surface area (TPSA) is 117 Å². The number of ether oxygens (including phenoxy) is 2. The third-order valence-electron chi connectivity index (χ3n) is 5.47. The molecule has 0 aromatic heterocycles. The molecule has 0 aliphatic carbocycles. The summed E-state index contributed by atoms with van der Waals surface area (Å²) in [5, 5.41) is 16.1. The van der Waals surface area contributed by atoms with Gasteiger partial charge in [0.2, 0.25) is 5.91 Å². The third-order valence-corrected chi connectivity index (χ3v) is 5.47. The van der Waals surface area contributed by atoms with Crippen LogP contribution in [0.3, 0.4) is 0 Å². The van der Waals surface area contributed by atoms with Gasteiger partial charge in [-0.25, -0.2) is 4.79 Å². The number of nitrogens with zero attached hydrogens (tertiary/aromatic N) is 1. The molecule has 2 rings (SSSR count). The fraction of sp³-hybridized carbons (Fsp3) is 0.464. The fourth-order valence-corrected chi connectivity index (χ4v) is 3.86. The van der Waals surface area contributed by atoms with Crippen molar-refractivity contribution in [3.63, 3.8) is 0 Å². The number of anilines is 1. The van der Waals surface area contributed by atoms with Crippen LogP contribution in [0.25, 0.3) is 0 Å². The molecule has 2 aromatic rings. The largest absolute Gasteiger partial charge is 0.508 e. The van der Waals surface area contributed by atoms with Crippen LogP contribution in [-0.4, -0.2) is 53.2 Å². The van der Waals surface area contributed by atoms with E-state index in [-0.39, 0.29) is 23.8 Å². The van der Waals surface area contributed by atoms with Crippen molar-refractivity contribution in [3.05, 3.63) is 54.1 Å². The predicted molar refractivity (Wildman–Crippen MR) is 142 cm³/mol. The van der Waals surface area contributed by atoms with Gasteiger partial charge in [0.05, 0.1) is 7.11 Å². The lowest BCUT2D eigenvalue weighted by Crippen LogP contribution is -2.52. The standard InChI is InChI=1S/C28H39N3O6/c1-8-31(26(34)22(17-18(2)3)30-27(35)37-28(4,5)6)24(21-11-9-10-12-23(21)32)25(33)29-19-13-15-20(36-7)16-14-19/h9-16,18,22,24,32H,8,17H2,1-7H3,(H,29,33)(H,30,35). The van der Waals surface area contributed by atoms with Crippen molar-refractivity contribution in [3.8, 4) is 11.5 Å². The Morgan fingerprint density at radius 3 is 2.16 bits per heavy atom. The average Bonchev–Trinajstić information content (AvgIpc) is 2.81. The molecule has 2 atom stereocenters. The number of para-hydroxylation sites is 1. The summed E-state index contributed by atoms with van der Waals surface area (Å²) in [6, 6.07) is 11.1. The minimum atomic E-state index is -1.16. The summed E-state index contributed by atoms with van der Waals surface area (Å²) in [4.78, 5) is 41.4. The number of phenols is 1. The van der Waals surface area contributed by atoms with Gasteiger partial charge in [-0.2, -0.15) is 0 Å². The number of carbonyl (C=O) groups is 3. The average molecular weight is 514 g/mol. The molecule has 9 nitrogen and oxygen atoms in total. The molecule has 0 bridgehead atoms. The zero-order chi connectivity index (χ0) is 27.8. The molecule has 0 radical (unpaired) electrons. The summed E-state index contributed by atoms with van der Waals surface area (Å²) < 4.78 is 10.5. The Balaban J connectivity index is 2.44. The van der Waals surface area contributed by atoms with Crippen LogP contribution in [0.5, 0.6) is 11.5 Å². The van der Waals surface area contributed by atoms with Crippen molar-refractivity contribution >= 4 is 23.6 Å². The summed E-state index contributed by atoms with van der Waals surface area (Å²) in [5.41, 5.74) is 0.0286. The Bertz CT molecular complexity index is 1060. The normalized spacial score (nSPS) is 12.9. The number of phenolic OH excluding ortho intramolecular Hbond substituents is 1. The van der Waals surface area contributed by atoms with Gasteiger partial charge in [0.25, 0.3) is 5.91 Å². The van der Waals surface area contributed by atoms with Crippen molar-refractivity contribution in [2.24, 2.45) is 5.92 Å². The number of likely N-dealkylation sites (N-methyl/N-ethyl adjacent to an activating group) is 1. The molecule has 37 heavy (non-hydrogen) atoms. The lowest BCUT2D eigenvalue weighted by molar-refractivity contribution is -0.140. The number of rotatable bonds is 10. The Kier molecular flexibility index (Phi) is 10.3. The monoisotopic (exact) mass is 513 g/mol. The highest BCUT2D eigenvalue weighted by Gasteiger charge is 2.37. The molecule has 0 aliphatic heterocycles. The molecule has 0 spiro atoms. The van der Waals surface area contributed by atoms with Gasteiger partial charge in [-0.05, 0) is 70.4 Å². The van der Waals surface area contributed by atoms with Crippen LogP contribution < -0.4 is 15.4 Å².